The number of nitrogens with zero attached hydrogens (tertiary/aromatic N) is 1. The van der Waals surface area contributed by atoms with Crippen LogP contribution in [0.1, 0.15) is 12.5 Å². The van der Waals surface area contributed by atoms with Crippen molar-refractivity contribution < 1.29 is 13.9 Å². The number of nitrogens with one attached hydrogen (secondary N) is 2. The maximum Gasteiger partial charge on any atom is 0.191 e. The fourth-order valence-corrected chi connectivity index (χ4v) is 1.76. The molecule has 0 aromatic carbocycles. The first kappa shape index (κ1) is 17.3. The van der Waals surface area contributed by atoms with Gasteiger partial charge < -0.3 is 24.5 Å². The average Bonchev–Trinajstić information content (AvgIpc) is 2.96. The highest BCUT2D eigenvalue weighted by Crippen LogP contribution is 2.02. The summed E-state index contributed by atoms with van der Waals surface area (Å²) in [5, 5.41) is 6.45. The van der Waals surface area contributed by atoms with Gasteiger partial charge in [0.15, 0.2) is 5.96 Å². The minimum absolute atomic E-state index is 0. The molecule has 2 heterocycles. The highest BCUT2D eigenvalue weighted by atomic mass is 127. The number of furan rings is 1. The maximum atomic E-state index is 5.57. The van der Waals surface area contributed by atoms with Gasteiger partial charge in [0.2, 0.25) is 0 Å². The van der Waals surface area contributed by atoms with Crippen LogP contribution in [0.15, 0.2) is 28.0 Å². The van der Waals surface area contributed by atoms with Gasteiger partial charge in [-0.1, -0.05) is 0 Å². The van der Waals surface area contributed by atoms with Crippen LogP contribution in [0.5, 0.6) is 0 Å². The molecule has 1 unspecified atom stereocenters. The van der Waals surface area contributed by atoms with Crippen molar-refractivity contribution in [3.8, 4) is 0 Å². The largest absolute Gasteiger partial charge is 0.472 e. The normalized spacial score (nSPS) is 19.2. The van der Waals surface area contributed by atoms with Gasteiger partial charge in [-0.2, -0.15) is 0 Å². The van der Waals surface area contributed by atoms with E-state index in [9.17, 15) is 0 Å². The number of guanidine groups is 1. The zero-order valence-electron chi connectivity index (χ0n) is 11.6. The first-order chi connectivity index (χ1) is 9.38. The van der Waals surface area contributed by atoms with Crippen LogP contribution < -0.4 is 10.6 Å². The second-order valence-corrected chi connectivity index (χ2v) is 4.28. The van der Waals surface area contributed by atoms with Crippen LogP contribution in [0.4, 0.5) is 0 Å². The summed E-state index contributed by atoms with van der Waals surface area (Å²) in [6, 6.07) is 1.91. The van der Waals surface area contributed by atoms with E-state index in [1.54, 1.807) is 12.5 Å². The molecule has 1 aliphatic rings. The molecule has 7 heteroatoms. The highest BCUT2D eigenvalue weighted by Gasteiger charge is 2.14. The predicted octanol–water partition coefficient (Wildman–Crippen LogP) is 1.37. The first-order valence-corrected chi connectivity index (χ1v) is 6.61. The van der Waals surface area contributed by atoms with E-state index in [0.29, 0.717) is 32.9 Å². The van der Waals surface area contributed by atoms with Crippen LogP contribution in [0.25, 0.3) is 0 Å². The van der Waals surface area contributed by atoms with Gasteiger partial charge in [0.1, 0.15) is 0 Å². The van der Waals surface area contributed by atoms with Crippen molar-refractivity contribution >= 4 is 29.9 Å². The smallest absolute Gasteiger partial charge is 0.191 e. The molecule has 1 aliphatic heterocycles. The summed E-state index contributed by atoms with van der Waals surface area (Å²) in [6.07, 6.45) is 3.44. The molecule has 20 heavy (non-hydrogen) atoms. The standard InChI is InChI=1S/C13H21N3O3.HI/c1-2-14-13(15-7-11-3-4-17-9-11)16-8-12-10-18-5-6-19-12;/h3-4,9,12H,2,5-8,10H2,1H3,(H2,14,15,16);1H. The number of halogens is 1. The molecule has 0 aliphatic carbocycles. The molecule has 2 N–H and O–H groups in total. The highest BCUT2D eigenvalue weighted by molar-refractivity contribution is 14.0. The summed E-state index contributed by atoms with van der Waals surface area (Å²) in [7, 11) is 0. The fourth-order valence-electron chi connectivity index (χ4n) is 1.76. The zero-order valence-corrected chi connectivity index (χ0v) is 14.0. The summed E-state index contributed by atoms with van der Waals surface area (Å²) in [4.78, 5) is 4.48. The molecule has 0 bridgehead atoms. The quantitative estimate of drug-likeness (QED) is 0.448. The van der Waals surface area contributed by atoms with E-state index in [2.05, 4.69) is 15.6 Å². The maximum absolute atomic E-state index is 5.57. The van der Waals surface area contributed by atoms with Gasteiger partial charge in [-0.25, -0.2) is 4.99 Å². The van der Waals surface area contributed by atoms with Crippen molar-refractivity contribution in [3.05, 3.63) is 24.2 Å². The van der Waals surface area contributed by atoms with Gasteiger partial charge >= 0.3 is 0 Å². The molecular weight excluding hydrogens is 373 g/mol. The summed E-state index contributed by atoms with van der Waals surface area (Å²) in [5.41, 5.74) is 1.05. The molecule has 0 amide bonds. The van der Waals surface area contributed by atoms with E-state index in [1.807, 2.05) is 13.0 Å². The van der Waals surface area contributed by atoms with Gasteiger partial charge in [0.05, 0.1) is 45.0 Å². The molecule has 6 nitrogen and oxygen atoms in total. The van der Waals surface area contributed by atoms with Crippen LogP contribution >= 0.6 is 24.0 Å². The molecule has 1 aromatic rings. The lowest BCUT2D eigenvalue weighted by Crippen LogP contribution is -2.44. The number of hydrogen-bond donors (Lipinski definition) is 2. The Bertz CT molecular complexity index is 378. The lowest BCUT2D eigenvalue weighted by Gasteiger charge is -2.24. The molecule has 1 fully saturated rings. The van der Waals surface area contributed by atoms with Gasteiger partial charge in [-0.05, 0) is 13.0 Å². The van der Waals surface area contributed by atoms with E-state index in [-0.39, 0.29) is 30.1 Å². The van der Waals surface area contributed by atoms with Gasteiger partial charge in [0.25, 0.3) is 0 Å². The molecule has 1 aromatic heterocycles. The van der Waals surface area contributed by atoms with Crippen molar-refractivity contribution in [1.82, 2.24) is 10.6 Å². The van der Waals surface area contributed by atoms with Gasteiger partial charge in [-0.3, -0.25) is 0 Å². The summed E-state index contributed by atoms with van der Waals surface area (Å²) in [5.74, 6) is 0.776. The Hall–Kier alpha value is -0.800. The van der Waals surface area contributed by atoms with E-state index < -0.39 is 0 Å². The Morgan fingerprint density at radius 2 is 2.30 bits per heavy atom. The number of hydrogen-bond acceptors (Lipinski definition) is 4. The lowest BCUT2D eigenvalue weighted by molar-refractivity contribution is -0.0850. The van der Waals surface area contributed by atoms with E-state index >= 15 is 0 Å². The van der Waals surface area contributed by atoms with Crippen LogP contribution in [-0.4, -0.2) is 45.0 Å². The van der Waals surface area contributed by atoms with Crippen LogP contribution in [0.2, 0.25) is 0 Å². The minimum Gasteiger partial charge on any atom is -0.472 e. The molecule has 0 radical (unpaired) electrons. The van der Waals surface area contributed by atoms with E-state index in [0.717, 1.165) is 18.1 Å². The molecule has 0 saturated carbocycles. The zero-order chi connectivity index (χ0) is 13.3. The predicted molar refractivity (Wildman–Crippen MR) is 87.5 cm³/mol. The average molecular weight is 395 g/mol. The third-order valence-electron chi connectivity index (χ3n) is 2.73. The third-order valence-corrected chi connectivity index (χ3v) is 2.73. The first-order valence-electron chi connectivity index (χ1n) is 6.61. The van der Waals surface area contributed by atoms with Crippen LogP contribution in [0.3, 0.4) is 0 Å². The van der Waals surface area contributed by atoms with Crippen molar-refractivity contribution in [2.45, 2.75) is 19.6 Å². The summed E-state index contributed by atoms with van der Waals surface area (Å²) >= 11 is 0. The molecule has 114 valence electrons. The Morgan fingerprint density at radius 1 is 1.40 bits per heavy atom. The topological polar surface area (TPSA) is 68.0 Å². The van der Waals surface area contributed by atoms with Crippen LogP contribution in [-0.2, 0) is 16.0 Å². The minimum atomic E-state index is 0. The second-order valence-electron chi connectivity index (χ2n) is 4.28. The van der Waals surface area contributed by atoms with E-state index in [1.165, 1.54) is 0 Å². The van der Waals surface area contributed by atoms with Crippen molar-refractivity contribution in [1.29, 1.82) is 0 Å². The Labute approximate surface area is 136 Å². The Balaban J connectivity index is 0.00000200. The molecule has 2 rings (SSSR count). The Morgan fingerprint density at radius 3 is 2.95 bits per heavy atom. The molecular formula is C13H22IN3O3. The SMILES string of the molecule is CCNC(=NCc1ccoc1)NCC1COCCO1.I. The number of ether oxygens (including phenoxy) is 2. The Kier molecular flexibility index (Phi) is 8.63. The molecule has 1 saturated heterocycles. The van der Waals surface area contributed by atoms with E-state index in [4.69, 9.17) is 13.9 Å². The van der Waals surface area contributed by atoms with Gasteiger partial charge in [0, 0.05) is 18.7 Å². The molecule has 1 atom stereocenters. The lowest BCUT2D eigenvalue weighted by atomic mass is 10.3. The third kappa shape index (κ3) is 6.10. The number of aliphatic imine (C=N–C) groups is 1. The monoisotopic (exact) mass is 395 g/mol. The fraction of sp³-hybridized carbons (Fsp3) is 0.615. The van der Waals surface area contributed by atoms with Crippen molar-refractivity contribution in [2.75, 3.05) is 32.9 Å². The van der Waals surface area contributed by atoms with Crippen LogP contribution in [0, 0.1) is 0 Å². The van der Waals surface area contributed by atoms with Crippen molar-refractivity contribution in [2.24, 2.45) is 4.99 Å². The summed E-state index contributed by atoms with van der Waals surface area (Å²) < 4.78 is 15.9. The van der Waals surface area contributed by atoms with Crippen molar-refractivity contribution in [3.63, 3.8) is 0 Å². The second kappa shape index (κ2) is 10.0. The summed E-state index contributed by atoms with van der Waals surface area (Å²) in [6.45, 7) is 6.12. The van der Waals surface area contributed by atoms with Gasteiger partial charge in [-0.15, -0.1) is 24.0 Å². The number of rotatable bonds is 5. The molecule has 0 spiro atoms.